The van der Waals surface area contributed by atoms with Gasteiger partial charge in [-0.25, -0.2) is 9.13 Å². The Hall–Kier alpha value is -1.70. The van der Waals surface area contributed by atoms with Gasteiger partial charge in [0, 0.05) is 30.7 Å². The van der Waals surface area contributed by atoms with Crippen LogP contribution in [0.2, 0.25) is 0 Å². The van der Waals surface area contributed by atoms with Crippen molar-refractivity contribution in [2.45, 2.75) is 78.3 Å². The maximum atomic E-state index is 2.32. The second kappa shape index (κ2) is 11.0. The van der Waals surface area contributed by atoms with Crippen LogP contribution in [0.15, 0.2) is 49.1 Å². The summed E-state index contributed by atoms with van der Waals surface area (Å²) in [5.74, 6) is 0. The summed E-state index contributed by atoms with van der Waals surface area (Å²) in [4.78, 5) is 0. The topological polar surface area (TPSA) is 7.76 Å². The molecule has 0 aliphatic rings. The van der Waals surface area contributed by atoms with E-state index in [1.165, 1.54) is 62.5 Å². The number of hydrogen-bond donors (Lipinski definition) is 0. The minimum absolute atomic E-state index is 1.02. The summed E-state index contributed by atoms with van der Waals surface area (Å²) >= 11 is 0. The minimum atomic E-state index is 1.02. The van der Waals surface area contributed by atoms with Crippen molar-refractivity contribution in [3.8, 4) is 11.1 Å². The van der Waals surface area contributed by atoms with Gasteiger partial charge in [0.2, 0.25) is 0 Å². The summed E-state index contributed by atoms with van der Waals surface area (Å²) in [6.07, 6.45) is 19.8. The molecule has 2 rings (SSSR count). The van der Waals surface area contributed by atoms with Crippen molar-refractivity contribution in [1.29, 1.82) is 0 Å². The van der Waals surface area contributed by atoms with E-state index in [1.54, 1.807) is 0 Å². The molecule has 0 unspecified atom stereocenters. The van der Waals surface area contributed by atoms with Crippen LogP contribution in [0.4, 0.5) is 0 Å². The maximum absolute atomic E-state index is 2.32. The molecule has 0 amide bonds. The highest BCUT2D eigenvalue weighted by atomic mass is 14.9. The second-order valence-electron chi connectivity index (χ2n) is 6.72. The zero-order chi connectivity index (χ0) is 17.0. The molecular formula is C22H34N2+2. The highest BCUT2D eigenvalue weighted by Crippen LogP contribution is 2.15. The molecule has 0 saturated carbocycles. The first kappa shape index (κ1) is 18.6. The summed E-state index contributed by atoms with van der Waals surface area (Å²) < 4.78 is 4.50. The lowest BCUT2D eigenvalue weighted by Crippen LogP contribution is -2.32. The van der Waals surface area contributed by atoms with Crippen molar-refractivity contribution in [3.05, 3.63) is 49.1 Å². The molecule has 0 aliphatic heterocycles. The Morgan fingerprint density at radius 3 is 1.54 bits per heavy atom. The van der Waals surface area contributed by atoms with Gasteiger partial charge in [0.25, 0.3) is 0 Å². The monoisotopic (exact) mass is 326 g/mol. The second-order valence-corrected chi connectivity index (χ2v) is 6.72. The van der Waals surface area contributed by atoms with Crippen LogP contribution in [0.5, 0.6) is 0 Å². The molecule has 24 heavy (non-hydrogen) atoms. The van der Waals surface area contributed by atoms with E-state index < -0.39 is 0 Å². The summed E-state index contributed by atoms with van der Waals surface area (Å²) in [6.45, 7) is 6.60. The Balaban J connectivity index is 1.70. The Labute approximate surface area is 148 Å². The lowest BCUT2D eigenvalue weighted by molar-refractivity contribution is -0.697. The Morgan fingerprint density at radius 2 is 1.04 bits per heavy atom. The predicted molar refractivity (Wildman–Crippen MR) is 101 cm³/mol. The quantitative estimate of drug-likeness (QED) is 0.401. The summed E-state index contributed by atoms with van der Waals surface area (Å²) in [7, 11) is 0. The van der Waals surface area contributed by atoms with Crippen LogP contribution in [0, 0.1) is 0 Å². The normalized spacial score (nSPS) is 10.9. The molecule has 0 aromatic carbocycles. The molecule has 2 nitrogen and oxygen atoms in total. The number of rotatable bonds is 11. The van der Waals surface area contributed by atoms with Crippen LogP contribution in [0.1, 0.15) is 65.2 Å². The smallest absolute Gasteiger partial charge is 0.169 e. The van der Waals surface area contributed by atoms with Gasteiger partial charge in [-0.15, -0.1) is 0 Å². The summed E-state index contributed by atoms with van der Waals surface area (Å²) in [5.41, 5.74) is 2.59. The molecule has 2 aromatic heterocycles. The highest BCUT2D eigenvalue weighted by Gasteiger charge is 2.05. The fraction of sp³-hybridized carbons (Fsp3) is 0.545. The molecule has 0 fully saturated rings. The van der Waals surface area contributed by atoms with E-state index in [0.717, 1.165) is 13.1 Å². The molecule has 0 N–H and O–H groups in total. The third kappa shape index (κ3) is 6.43. The highest BCUT2D eigenvalue weighted by molar-refractivity contribution is 5.60. The van der Waals surface area contributed by atoms with Crippen molar-refractivity contribution in [1.82, 2.24) is 0 Å². The number of aryl methyl sites for hydroxylation is 2. The third-order valence-electron chi connectivity index (χ3n) is 4.75. The van der Waals surface area contributed by atoms with Gasteiger partial charge in [-0.05, 0) is 24.5 Å². The van der Waals surface area contributed by atoms with E-state index in [0.29, 0.717) is 0 Å². The molecule has 0 spiro atoms. The molecule has 2 heterocycles. The van der Waals surface area contributed by atoms with E-state index in [9.17, 15) is 0 Å². The molecule has 130 valence electrons. The van der Waals surface area contributed by atoms with E-state index >= 15 is 0 Å². The summed E-state index contributed by atoms with van der Waals surface area (Å²) in [5, 5.41) is 0. The zero-order valence-electron chi connectivity index (χ0n) is 15.6. The van der Waals surface area contributed by atoms with Gasteiger partial charge < -0.3 is 0 Å². The van der Waals surface area contributed by atoms with E-state index in [-0.39, 0.29) is 0 Å². The first-order chi connectivity index (χ1) is 11.8. The molecule has 0 aliphatic carbocycles. The molecule has 0 radical (unpaired) electrons. The van der Waals surface area contributed by atoms with Gasteiger partial charge in [0.1, 0.15) is 13.1 Å². The minimum Gasteiger partial charge on any atom is -0.205 e. The number of aromatic nitrogens is 2. The van der Waals surface area contributed by atoms with Gasteiger partial charge >= 0.3 is 0 Å². The number of unbranched alkanes of at least 4 members (excludes halogenated alkanes) is 7. The summed E-state index contributed by atoms with van der Waals surface area (Å²) in [6, 6.07) is 8.86. The van der Waals surface area contributed by atoms with Crippen LogP contribution in [-0.4, -0.2) is 0 Å². The van der Waals surface area contributed by atoms with Crippen LogP contribution in [-0.2, 0) is 13.1 Å². The number of pyridine rings is 2. The average molecular weight is 327 g/mol. The van der Waals surface area contributed by atoms with Gasteiger partial charge in [-0.1, -0.05) is 45.4 Å². The van der Waals surface area contributed by atoms with Gasteiger partial charge in [0.05, 0.1) is 0 Å². The SMILES string of the molecule is CCCCCCCCCC[n+]1ccc(-c2cc[n+](CC)cc2)cc1. The van der Waals surface area contributed by atoms with Crippen LogP contribution in [0.25, 0.3) is 11.1 Å². The van der Waals surface area contributed by atoms with E-state index in [2.05, 4.69) is 72.0 Å². The average Bonchev–Trinajstić information content (AvgIpc) is 2.64. The van der Waals surface area contributed by atoms with Crippen LogP contribution in [0.3, 0.4) is 0 Å². The van der Waals surface area contributed by atoms with Crippen LogP contribution >= 0.6 is 0 Å². The van der Waals surface area contributed by atoms with Gasteiger partial charge in [0.15, 0.2) is 24.8 Å². The standard InChI is InChI=1S/C22H34N2/c1-3-5-6-7-8-9-10-11-16-24-19-14-22(15-20-24)21-12-17-23(4-2)18-13-21/h12-15,17-20H,3-11,16H2,1-2H3/q+2. The third-order valence-corrected chi connectivity index (χ3v) is 4.75. The van der Waals surface area contributed by atoms with Crippen molar-refractivity contribution < 1.29 is 9.13 Å². The van der Waals surface area contributed by atoms with Gasteiger partial charge in [-0.2, -0.15) is 0 Å². The van der Waals surface area contributed by atoms with E-state index in [4.69, 9.17) is 0 Å². The van der Waals surface area contributed by atoms with E-state index in [1.807, 2.05) is 0 Å². The molecule has 2 heteroatoms. The van der Waals surface area contributed by atoms with Crippen LogP contribution < -0.4 is 9.13 Å². The maximum Gasteiger partial charge on any atom is 0.169 e. The Morgan fingerprint density at radius 1 is 0.583 bits per heavy atom. The fourth-order valence-corrected chi connectivity index (χ4v) is 3.09. The van der Waals surface area contributed by atoms with Crippen molar-refractivity contribution in [2.24, 2.45) is 0 Å². The van der Waals surface area contributed by atoms with Gasteiger partial charge in [-0.3, -0.25) is 0 Å². The molecule has 2 aromatic rings. The fourth-order valence-electron chi connectivity index (χ4n) is 3.09. The number of nitrogens with zero attached hydrogens (tertiary/aromatic N) is 2. The lowest BCUT2D eigenvalue weighted by Gasteiger charge is -2.02. The van der Waals surface area contributed by atoms with Crippen molar-refractivity contribution >= 4 is 0 Å². The van der Waals surface area contributed by atoms with Crippen molar-refractivity contribution in [3.63, 3.8) is 0 Å². The Kier molecular flexibility index (Phi) is 8.51. The van der Waals surface area contributed by atoms with Crippen molar-refractivity contribution in [2.75, 3.05) is 0 Å². The Bertz CT molecular complexity index is 558. The number of hydrogen-bond acceptors (Lipinski definition) is 0. The lowest BCUT2D eigenvalue weighted by atomic mass is 10.1. The largest absolute Gasteiger partial charge is 0.205 e. The molecule has 0 bridgehead atoms. The first-order valence-corrected chi connectivity index (χ1v) is 9.82. The first-order valence-electron chi connectivity index (χ1n) is 9.82. The molecule has 0 atom stereocenters. The predicted octanol–water partition coefficient (Wildman–Crippen LogP) is 5.09. The molecular weight excluding hydrogens is 292 g/mol. The zero-order valence-corrected chi connectivity index (χ0v) is 15.6. The molecule has 0 saturated heterocycles.